The van der Waals surface area contributed by atoms with Gasteiger partial charge in [0.25, 0.3) is 0 Å². The van der Waals surface area contributed by atoms with Crippen LogP contribution in [0.4, 0.5) is 0 Å². The summed E-state index contributed by atoms with van der Waals surface area (Å²) >= 11 is 0. The number of benzene rings is 2. The number of aromatic amines is 2. The van der Waals surface area contributed by atoms with Crippen molar-refractivity contribution < 1.29 is 0 Å². The van der Waals surface area contributed by atoms with Gasteiger partial charge in [0.1, 0.15) is 0 Å². The SMILES string of the molecule is c1ccc(C(c2nnn[nH]2)C(c2ccccc2)c2nnn[nH]2)cc1. The molecular formula is C16H14N8. The number of nitrogens with one attached hydrogen (secondary N) is 2. The Kier molecular flexibility index (Phi) is 3.77. The van der Waals surface area contributed by atoms with E-state index in [1.54, 1.807) is 0 Å². The molecule has 0 radical (unpaired) electrons. The summed E-state index contributed by atoms with van der Waals surface area (Å²) < 4.78 is 0. The molecule has 4 aromatic rings. The van der Waals surface area contributed by atoms with Crippen molar-refractivity contribution in [3.63, 3.8) is 0 Å². The number of rotatable bonds is 5. The second-order valence-corrected chi connectivity index (χ2v) is 5.35. The lowest BCUT2D eigenvalue weighted by atomic mass is 9.80. The molecule has 2 unspecified atom stereocenters. The quantitative estimate of drug-likeness (QED) is 0.579. The van der Waals surface area contributed by atoms with Crippen LogP contribution in [0.2, 0.25) is 0 Å². The zero-order valence-corrected chi connectivity index (χ0v) is 12.6. The lowest BCUT2D eigenvalue weighted by Crippen LogP contribution is -2.17. The number of aromatic nitrogens is 8. The van der Waals surface area contributed by atoms with Crippen LogP contribution in [-0.4, -0.2) is 41.2 Å². The minimum absolute atomic E-state index is 0.154. The fourth-order valence-electron chi connectivity index (χ4n) is 2.93. The number of hydrogen-bond donors (Lipinski definition) is 2. The summed E-state index contributed by atoms with van der Waals surface area (Å²) in [4.78, 5) is 0. The highest BCUT2D eigenvalue weighted by atomic mass is 15.5. The van der Waals surface area contributed by atoms with Crippen molar-refractivity contribution in [3.8, 4) is 0 Å². The van der Waals surface area contributed by atoms with Crippen LogP contribution in [0.15, 0.2) is 60.7 Å². The average molecular weight is 318 g/mol. The topological polar surface area (TPSA) is 109 Å². The van der Waals surface area contributed by atoms with E-state index in [1.807, 2.05) is 60.7 Å². The van der Waals surface area contributed by atoms with Crippen molar-refractivity contribution in [2.75, 3.05) is 0 Å². The van der Waals surface area contributed by atoms with Crippen LogP contribution in [0.5, 0.6) is 0 Å². The molecule has 4 rings (SSSR count). The van der Waals surface area contributed by atoms with Gasteiger partial charge in [-0.3, -0.25) is 0 Å². The predicted molar refractivity (Wildman–Crippen MR) is 84.9 cm³/mol. The van der Waals surface area contributed by atoms with E-state index in [-0.39, 0.29) is 11.8 Å². The van der Waals surface area contributed by atoms with Gasteiger partial charge in [0.05, 0.1) is 11.8 Å². The van der Waals surface area contributed by atoms with Gasteiger partial charge in [0.2, 0.25) is 0 Å². The molecule has 2 N–H and O–H groups in total. The lowest BCUT2D eigenvalue weighted by Gasteiger charge is -2.23. The fourth-order valence-corrected chi connectivity index (χ4v) is 2.93. The Morgan fingerprint density at radius 1 is 0.583 bits per heavy atom. The summed E-state index contributed by atoms with van der Waals surface area (Å²) in [6.45, 7) is 0. The standard InChI is InChI=1S/C16H14N8/c1-3-7-11(8-4-1)13(15-17-21-22-18-15)14(16-19-23-24-20-16)12-9-5-2-6-10-12/h1-10,13-14H,(H,17,18,21,22)(H,19,20,23,24). The molecule has 2 heterocycles. The van der Waals surface area contributed by atoms with Crippen LogP contribution in [0, 0.1) is 0 Å². The number of tetrazole rings is 2. The highest BCUT2D eigenvalue weighted by Gasteiger charge is 2.33. The van der Waals surface area contributed by atoms with Gasteiger partial charge in [-0.15, -0.1) is 10.2 Å². The summed E-state index contributed by atoms with van der Waals surface area (Å²) in [5, 5.41) is 29.1. The summed E-state index contributed by atoms with van der Waals surface area (Å²) in [6, 6.07) is 20.1. The summed E-state index contributed by atoms with van der Waals surface area (Å²) in [7, 11) is 0. The van der Waals surface area contributed by atoms with Crippen molar-refractivity contribution in [1.82, 2.24) is 41.2 Å². The maximum absolute atomic E-state index is 4.15. The Morgan fingerprint density at radius 3 is 1.33 bits per heavy atom. The molecule has 0 fully saturated rings. The first-order valence-electron chi connectivity index (χ1n) is 7.50. The third kappa shape index (κ3) is 2.65. The van der Waals surface area contributed by atoms with E-state index in [0.717, 1.165) is 11.1 Å². The van der Waals surface area contributed by atoms with Gasteiger partial charge >= 0.3 is 0 Å². The van der Waals surface area contributed by atoms with Crippen LogP contribution in [0.25, 0.3) is 0 Å². The van der Waals surface area contributed by atoms with Crippen molar-refractivity contribution in [2.24, 2.45) is 0 Å². The minimum atomic E-state index is -0.154. The molecule has 0 bridgehead atoms. The molecule has 2 aromatic heterocycles. The molecule has 0 amide bonds. The lowest BCUT2D eigenvalue weighted by molar-refractivity contribution is 0.621. The third-order valence-electron chi connectivity index (χ3n) is 3.96. The van der Waals surface area contributed by atoms with E-state index < -0.39 is 0 Å². The molecule has 8 heteroatoms. The van der Waals surface area contributed by atoms with Crippen molar-refractivity contribution in [2.45, 2.75) is 11.8 Å². The van der Waals surface area contributed by atoms with Gasteiger partial charge in [0, 0.05) is 0 Å². The normalized spacial score (nSPS) is 13.5. The van der Waals surface area contributed by atoms with E-state index in [0.29, 0.717) is 11.6 Å². The summed E-state index contributed by atoms with van der Waals surface area (Å²) in [6.07, 6.45) is 0. The predicted octanol–water partition coefficient (Wildman–Crippen LogP) is 1.68. The molecule has 2 aromatic carbocycles. The summed E-state index contributed by atoms with van der Waals surface area (Å²) in [5.41, 5.74) is 2.14. The monoisotopic (exact) mass is 318 g/mol. The van der Waals surface area contributed by atoms with E-state index >= 15 is 0 Å². The van der Waals surface area contributed by atoms with E-state index in [1.165, 1.54) is 0 Å². The van der Waals surface area contributed by atoms with Crippen LogP contribution in [0.1, 0.15) is 34.6 Å². The summed E-state index contributed by atoms with van der Waals surface area (Å²) in [5.74, 6) is 1.01. The third-order valence-corrected chi connectivity index (χ3v) is 3.96. The first-order valence-corrected chi connectivity index (χ1v) is 7.50. The molecule has 0 spiro atoms. The largest absolute Gasteiger partial charge is 0.242 e. The molecule has 0 aliphatic rings. The number of hydrogen-bond acceptors (Lipinski definition) is 6. The van der Waals surface area contributed by atoms with Crippen LogP contribution >= 0.6 is 0 Å². The fraction of sp³-hybridized carbons (Fsp3) is 0.125. The van der Waals surface area contributed by atoms with E-state index in [2.05, 4.69) is 41.2 Å². The Balaban J connectivity index is 1.90. The molecule has 0 aliphatic carbocycles. The first kappa shape index (κ1) is 14.2. The Labute approximate surface area is 137 Å². The molecule has 2 atom stereocenters. The Hall–Kier alpha value is -3.42. The molecular weight excluding hydrogens is 304 g/mol. The zero-order valence-electron chi connectivity index (χ0n) is 12.6. The molecule has 0 saturated carbocycles. The molecule has 0 saturated heterocycles. The van der Waals surface area contributed by atoms with Gasteiger partial charge in [-0.1, -0.05) is 60.7 Å². The molecule has 0 aliphatic heterocycles. The molecule has 24 heavy (non-hydrogen) atoms. The maximum atomic E-state index is 4.15. The highest BCUT2D eigenvalue weighted by molar-refractivity contribution is 5.37. The van der Waals surface area contributed by atoms with Crippen LogP contribution in [0.3, 0.4) is 0 Å². The minimum Gasteiger partial charge on any atom is -0.242 e. The van der Waals surface area contributed by atoms with E-state index in [4.69, 9.17) is 0 Å². The maximum Gasteiger partial charge on any atom is 0.157 e. The number of nitrogens with zero attached hydrogens (tertiary/aromatic N) is 6. The Bertz CT molecular complexity index is 783. The van der Waals surface area contributed by atoms with Gasteiger partial charge in [-0.25, -0.2) is 10.2 Å². The van der Waals surface area contributed by atoms with Gasteiger partial charge in [0.15, 0.2) is 11.6 Å². The molecule has 118 valence electrons. The first-order chi connectivity index (χ1) is 11.9. The second kappa shape index (κ2) is 6.37. The average Bonchev–Trinajstić information content (AvgIpc) is 3.35. The van der Waals surface area contributed by atoms with Gasteiger partial charge in [-0.05, 0) is 32.0 Å². The van der Waals surface area contributed by atoms with Crippen LogP contribution in [-0.2, 0) is 0 Å². The Morgan fingerprint density at radius 2 is 1.00 bits per heavy atom. The number of H-pyrrole nitrogens is 2. The van der Waals surface area contributed by atoms with Gasteiger partial charge in [-0.2, -0.15) is 0 Å². The van der Waals surface area contributed by atoms with Gasteiger partial charge < -0.3 is 0 Å². The highest BCUT2D eigenvalue weighted by Crippen LogP contribution is 2.39. The zero-order chi connectivity index (χ0) is 16.2. The van der Waals surface area contributed by atoms with E-state index in [9.17, 15) is 0 Å². The molecule has 8 nitrogen and oxygen atoms in total. The second-order valence-electron chi connectivity index (χ2n) is 5.35. The van der Waals surface area contributed by atoms with Crippen LogP contribution < -0.4 is 0 Å². The smallest absolute Gasteiger partial charge is 0.157 e. The van der Waals surface area contributed by atoms with Crippen molar-refractivity contribution >= 4 is 0 Å². The van der Waals surface area contributed by atoms with Crippen molar-refractivity contribution in [3.05, 3.63) is 83.4 Å². The van der Waals surface area contributed by atoms with Crippen molar-refractivity contribution in [1.29, 1.82) is 0 Å².